The summed E-state index contributed by atoms with van der Waals surface area (Å²) in [7, 11) is 0. The number of carbonyl (C=O) groups excluding carboxylic acids is 1. The number of benzene rings is 1. The van der Waals surface area contributed by atoms with Gasteiger partial charge in [-0.25, -0.2) is 8.78 Å². The number of hydrogen-bond donors (Lipinski definition) is 2. The molecule has 5 heteroatoms. The van der Waals surface area contributed by atoms with Gasteiger partial charge in [0.1, 0.15) is 0 Å². The standard InChI is InChI=1S/C16H20F2N2O/c1-10(11-2-3-13(17)14(18)8-11)20-15(21)12-9-16(12)4-6-19-7-5-16/h2-3,8,10,12,19H,4-7,9H2,1H3,(H,20,21). The third kappa shape index (κ3) is 2.79. The number of halogens is 2. The molecule has 2 unspecified atom stereocenters. The van der Waals surface area contributed by atoms with Gasteiger partial charge in [0.2, 0.25) is 5.91 Å². The van der Waals surface area contributed by atoms with E-state index in [1.807, 2.05) is 0 Å². The topological polar surface area (TPSA) is 41.1 Å². The Morgan fingerprint density at radius 3 is 2.71 bits per heavy atom. The van der Waals surface area contributed by atoms with E-state index in [-0.39, 0.29) is 23.3 Å². The first kappa shape index (κ1) is 14.4. The minimum absolute atomic E-state index is 0.0362. The zero-order valence-corrected chi connectivity index (χ0v) is 12.1. The molecule has 1 amide bonds. The lowest BCUT2D eigenvalue weighted by molar-refractivity contribution is -0.123. The van der Waals surface area contributed by atoms with Gasteiger partial charge in [-0.15, -0.1) is 0 Å². The van der Waals surface area contributed by atoms with Crippen LogP contribution in [-0.2, 0) is 4.79 Å². The summed E-state index contributed by atoms with van der Waals surface area (Å²) in [6.07, 6.45) is 3.04. The highest BCUT2D eigenvalue weighted by atomic mass is 19.2. The van der Waals surface area contributed by atoms with E-state index in [9.17, 15) is 13.6 Å². The van der Waals surface area contributed by atoms with Crippen molar-refractivity contribution in [3.8, 4) is 0 Å². The number of carbonyl (C=O) groups is 1. The molecule has 1 aliphatic heterocycles. The van der Waals surface area contributed by atoms with Gasteiger partial charge >= 0.3 is 0 Å². The van der Waals surface area contributed by atoms with E-state index >= 15 is 0 Å². The largest absolute Gasteiger partial charge is 0.349 e. The fourth-order valence-corrected chi connectivity index (χ4v) is 3.37. The van der Waals surface area contributed by atoms with Crippen LogP contribution in [0.4, 0.5) is 8.78 Å². The quantitative estimate of drug-likeness (QED) is 0.899. The molecule has 1 spiro atoms. The number of nitrogens with one attached hydrogen (secondary N) is 2. The summed E-state index contributed by atoms with van der Waals surface area (Å²) in [5.41, 5.74) is 0.769. The summed E-state index contributed by atoms with van der Waals surface area (Å²) < 4.78 is 26.2. The average molecular weight is 294 g/mol. The van der Waals surface area contributed by atoms with Crippen LogP contribution in [0.1, 0.15) is 37.8 Å². The Labute approximate surface area is 123 Å². The second kappa shape index (κ2) is 5.37. The molecule has 1 aliphatic carbocycles. The zero-order chi connectivity index (χ0) is 15.0. The van der Waals surface area contributed by atoms with Gasteiger partial charge in [-0.3, -0.25) is 4.79 Å². The van der Waals surface area contributed by atoms with E-state index < -0.39 is 11.6 Å². The number of piperidine rings is 1. The van der Waals surface area contributed by atoms with Crippen LogP contribution in [-0.4, -0.2) is 19.0 Å². The number of rotatable bonds is 3. The van der Waals surface area contributed by atoms with E-state index in [1.54, 1.807) is 6.92 Å². The van der Waals surface area contributed by atoms with Crippen LogP contribution >= 0.6 is 0 Å². The molecule has 3 rings (SSSR count). The van der Waals surface area contributed by atoms with Crippen LogP contribution in [0.15, 0.2) is 18.2 Å². The molecule has 0 radical (unpaired) electrons. The van der Waals surface area contributed by atoms with Gasteiger partial charge in [-0.05, 0) is 62.4 Å². The molecule has 2 N–H and O–H groups in total. The van der Waals surface area contributed by atoms with E-state index in [0.717, 1.165) is 44.5 Å². The molecule has 21 heavy (non-hydrogen) atoms. The van der Waals surface area contributed by atoms with Gasteiger partial charge in [-0.1, -0.05) is 6.07 Å². The van der Waals surface area contributed by atoms with Crippen molar-refractivity contribution in [3.05, 3.63) is 35.4 Å². The first-order valence-electron chi connectivity index (χ1n) is 7.48. The van der Waals surface area contributed by atoms with Gasteiger partial charge in [-0.2, -0.15) is 0 Å². The van der Waals surface area contributed by atoms with Crippen molar-refractivity contribution in [2.75, 3.05) is 13.1 Å². The molecule has 1 aromatic carbocycles. The van der Waals surface area contributed by atoms with Crippen LogP contribution in [0.3, 0.4) is 0 Å². The molecule has 2 atom stereocenters. The lowest BCUT2D eigenvalue weighted by atomic mass is 9.91. The lowest BCUT2D eigenvalue weighted by Crippen LogP contribution is -2.34. The summed E-state index contributed by atoms with van der Waals surface area (Å²) in [4.78, 5) is 12.3. The van der Waals surface area contributed by atoms with Crippen molar-refractivity contribution in [3.63, 3.8) is 0 Å². The van der Waals surface area contributed by atoms with Crippen molar-refractivity contribution in [2.45, 2.75) is 32.2 Å². The SMILES string of the molecule is CC(NC(=O)C1CC12CCNCC2)c1ccc(F)c(F)c1. The van der Waals surface area contributed by atoms with E-state index in [2.05, 4.69) is 10.6 Å². The molecule has 114 valence electrons. The summed E-state index contributed by atoms with van der Waals surface area (Å²) in [6, 6.07) is 3.44. The normalized spacial score (nSPS) is 24.6. The van der Waals surface area contributed by atoms with Gasteiger partial charge in [0.15, 0.2) is 11.6 Å². The third-order valence-corrected chi connectivity index (χ3v) is 4.91. The van der Waals surface area contributed by atoms with Crippen LogP contribution < -0.4 is 10.6 Å². The fraction of sp³-hybridized carbons (Fsp3) is 0.562. The maximum absolute atomic E-state index is 13.2. The van der Waals surface area contributed by atoms with Crippen molar-refractivity contribution in [2.24, 2.45) is 11.3 Å². The molecule has 0 bridgehead atoms. The molecular formula is C16H20F2N2O. The second-order valence-electron chi connectivity index (χ2n) is 6.27. The van der Waals surface area contributed by atoms with Gasteiger partial charge in [0, 0.05) is 5.92 Å². The van der Waals surface area contributed by atoms with E-state index in [0.29, 0.717) is 5.56 Å². The summed E-state index contributed by atoms with van der Waals surface area (Å²) >= 11 is 0. The summed E-state index contributed by atoms with van der Waals surface area (Å²) in [5.74, 6) is -1.63. The monoisotopic (exact) mass is 294 g/mol. The van der Waals surface area contributed by atoms with Gasteiger partial charge < -0.3 is 10.6 Å². The maximum Gasteiger partial charge on any atom is 0.224 e. The molecular weight excluding hydrogens is 274 g/mol. The molecule has 3 nitrogen and oxygen atoms in total. The Bertz CT molecular complexity index is 555. The van der Waals surface area contributed by atoms with Gasteiger partial charge in [0.25, 0.3) is 0 Å². The molecule has 2 aliphatic rings. The minimum atomic E-state index is -0.880. The molecule has 2 fully saturated rings. The maximum atomic E-state index is 13.2. The first-order valence-corrected chi connectivity index (χ1v) is 7.48. The summed E-state index contributed by atoms with van der Waals surface area (Å²) in [6.45, 7) is 3.74. The van der Waals surface area contributed by atoms with Crippen LogP contribution in [0.25, 0.3) is 0 Å². The Balaban J connectivity index is 1.61. The highest BCUT2D eigenvalue weighted by molar-refractivity contribution is 5.83. The van der Waals surface area contributed by atoms with Crippen molar-refractivity contribution >= 4 is 5.91 Å². The fourth-order valence-electron chi connectivity index (χ4n) is 3.37. The Morgan fingerprint density at radius 2 is 2.05 bits per heavy atom. The molecule has 1 saturated heterocycles. The Morgan fingerprint density at radius 1 is 1.33 bits per heavy atom. The number of amides is 1. The second-order valence-corrected chi connectivity index (χ2v) is 6.27. The summed E-state index contributed by atoms with van der Waals surface area (Å²) in [5, 5.41) is 6.24. The smallest absolute Gasteiger partial charge is 0.224 e. The van der Waals surface area contributed by atoms with Crippen LogP contribution in [0.5, 0.6) is 0 Å². The molecule has 1 aromatic rings. The highest BCUT2D eigenvalue weighted by Gasteiger charge is 2.57. The van der Waals surface area contributed by atoms with E-state index in [4.69, 9.17) is 0 Å². The zero-order valence-electron chi connectivity index (χ0n) is 12.1. The Kier molecular flexibility index (Phi) is 3.69. The highest BCUT2D eigenvalue weighted by Crippen LogP contribution is 2.58. The van der Waals surface area contributed by atoms with Gasteiger partial charge in [0.05, 0.1) is 6.04 Å². The average Bonchev–Trinajstić information content (AvgIpc) is 3.16. The predicted molar refractivity (Wildman–Crippen MR) is 75.6 cm³/mol. The van der Waals surface area contributed by atoms with Crippen molar-refractivity contribution in [1.29, 1.82) is 0 Å². The Hall–Kier alpha value is -1.49. The lowest BCUT2D eigenvalue weighted by Gasteiger charge is -2.23. The molecule has 0 aromatic heterocycles. The molecule has 1 saturated carbocycles. The van der Waals surface area contributed by atoms with Crippen molar-refractivity contribution < 1.29 is 13.6 Å². The van der Waals surface area contributed by atoms with Crippen molar-refractivity contribution in [1.82, 2.24) is 10.6 Å². The first-order chi connectivity index (χ1) is 10.0. The van der Waals surface area contributed by atoms with E-state index in [1.165, 1.54) is 6.07 Å². The van der Waals surface area contributed by atoms with Crippen LogP contribution in [0.2, 0.25) is 0 Å². The predicted octanol–water partition coefficient (Wildman–Crippen LogP) is 2.53. The number of hydrogen-bond acceptors (Lipinski definition) is 2. The van der Waals surface area contributed by atoms with Crippen LogP contribution in [0, 0.1) is 23.0 Å². The molecule has 1 heterocycles. The minimum Gasteiger partial charge on any atom is -0.349 e. The third-order valence-electron chi connectivity index (χ3n) is 4.91.